The Bertz CT molecular complexity index is 983. The van der Waals surface area contributed by atoms with Gasteiger partial charge in [0.25, 0.3) is 0 Å². The summed E-state index contributed by atoms with van der Waals surface area (Å²) in [5.41, 5.74) is 4.00. The summed E-state index contributed by atoms with van der Waals surface area (Å²) in [6.07, 6.45) is 0.366. The van der Waals surface area contributed by atoms with Crippen molar-refractivity contribution in [3.05, 3.63) is 64.5 Å². The van der Waals surface area contributed by atoms with E-state index >= 15 is 0 Å². The average molecular weight is 368 g/mol. The third-order valence-electron chi connectivity index (χ3n) is 4.64. The van der Waals surface area contributed by atoms with Gasteiger partial charge in [-0.2, -0.15) is 4.98 Å². The molecule has 1 saturated heterocycles. The zero-order valence-corrected chi connectivity index (χ0v) is 15.3. The number of aryl methyl sites for hydroxylation is 2. The van der Waals surface area contributed by atoms with Gasteiger partial charge < -0.3 is 9.42 Å². The highest BCUT2D eigenvalue weighted by Gasteiger charge is 2.35. The van der Waals surface area contributed by atoms with Crippen molar-refractivity contribution in [3.63, 3.8) is 0 Å². The molecule has 1 aliphatic heterocycles. The lowest BCUT2D eigenvalue weighted by Gasteiger charge is -2.19. The van der Waals surface area contributed by atoms with Gasteiger partial charge in [0.1, 0.15) is 0 Å². The standard InChI is InChI=1S/C20H18ClN3O2/c1-12-6-7-17(13(2)8-12)24-11-15(10-18(24)25)20-22-19(23-26-20)14-4-3-5-16(21)9-14/h3-9,15H,10-11H2,1-2H3. The molecule has 0 aliphatic carbocycles. The first-order valence-corrected chi connectivity index (χ1v) is 8.86. The molecule has 1 unspecified atom stereocenters. The first-order chi connectivity index (χ1) is 12.5. The van der Waals surface area contributed by atoms with Crippen LogP contribution in [0.1, 0.15) is 29.4 Å². The summed E-state index contributed by atoms with van der Waals surface area (Å²) in [6.45, 7) is 4.61. The van der Waals surface area contributed by atoms with Crippen LogP contribution in [0.3, 0.4) is 0 Å². The molecule has 3 aromatic rings. The number of amides is 1. The first kappa shape index (κ1) is 16.8. The van der Waals surface area contributed by atoms with Crippen LogP contribution in [-0.4, -0.2) is 22.6 Å². The Hall–Kier alpha value is -2.66. The molecular weight excluding hydrogens is 350 g/mol. The zero-order valence-electron chi connectivity index (χ0n) is 14.6. The number of aromatic nitrogens is 2. The topological polar surface area (TPSA) is 59.2 Å². The van der Waals surface area contributed by atoms with Crippen molar-refractivity contribution in [3.8, 4) is 11.4 Å². The molecule has 0 N–H and O–H groups in total. The summed E-state index contributed by atoms with van der Waals surface area (Å²) in [5.74, 6) is 0.939. The molecule has 1 aromatic heterocycles. The number of rotatable bonds is 3. The smallest absolute Gasteiger partial charge is 0.232 e. The highest BCUT2D eigenvalue weighted by atomic mass is 35.5. The quantitative estimate of drug-likeness (QED) is 0.682. The minimum Gasteiger partial charge on any atom is -0.339 e. The Kier molecular flexibility index (Phi) is 4.24. The van der Waals surface area contributed by atoms with E-state index in [0.717, 1.165) is 16.8 Å². The number of hydrogen-bond acceptors (Lipinski definition) is 4. The fourth-order valence-corrected chi connectivity index (χ4v) is 3.55. The minimum atomic E-state index is -0.108. The highest BCUT2D eigenvalue weighted by molar-refractivity contribution is 6.30. The molecule has 2 heterocycles. The molecule has 0 saturated carbocycles. The van der Waals surface area contributed by atoms with Gasteiger partial charge >= 0.3 is 0 Å². The predicted molar refractivity (Wildman–Crippen MR) is 100 cm³/mol. The minimum absolute atomic E-state index is 0.0736. The maximum atomic E-state index is 12.5. The largest absolute Gasteiger partial charge is 0.339 e. The third-order valence-corrected chi connectivity index (χ3v) is 4.88. The second-order valence-electron chi connectivity index (χ2n) is 6.66. The molecule has 6 heteroatoms. The van der Waals surface area contributed by atoms with E-state index in [-0.39, 0.29) is 11.8 Å². The molecule has 2 aromatic carbocycles. The van der Waals surface area contributed by atoms with Crippen LogP contribution in [0.25, 0.3) is 11.4 Å². The molecule has 26 heavy (non-hydrogen) atoms. The van der Waals surface area contributed by atoms with Gasteiger partial charge in [-0.05, 0) is 37.6 Å². The first-order valence-electron chi connectivity index (χ1n) is 8.48. The summed E-state index contributed by atoms with van der Waals surface area (Å²) >= 11 is 6.02. The highest BCUT2D eigenvalue weighted by Crippen LogP contribution is 2.33. The monoisotopic (exact) mass is 367 g/mol. The summed E-state index contributed by atoms with van der Waals surface area (Å²) in [6, 6.07) is 13.4. The Morgan fingerprint density at radius 2 is 2.04 bits per heavy atom. The molecule has 1 atom stereocenters. The molecule has 0 bridgehead atoms. The van der Waals surface area contributed by atoms with E-state index < -0.39 is 0 Å². The van der Waals surface area contributed by atoms with Crippen molar-refractivity contribution >= 4 is 23.2 Å². The van der Waals surface area contributed by atoms with Crippen LogP contribution in [0.2, 0.25) is 5.02 Å². The fourth-order valence-electron chi connectivity index (χ4n) is 3.36. The maximum Gasteiger partial charge on any atom is 0.232 e. The third kappa shape index (κ3) is 3.10. The Labute approximate surface area is 156 Å². The normalized spacial score (nSPS) is 17.1. The number of benzene rings is 2. The van der Waals surface area contributed by atoms with Crippen LogP contribution < -0.4 is 4.90 Å². The summed E-state index contributed by atoms with van der Waals surface area (Å²) in [7, 11) is 0. The van der Waals surface area contributed by atoms with Crippen LogP contribution in [0, 0.1) is 13.8 Å². The number of halogens is 1. The van der Waals surface area contributed by atoms with Gasteiger partial charge in [-0.15, -0.1) is 0 Å². The predicted octanol–water partition coefficient (Wildman–Crippen LogP) is 4.53. The van der Waals surface area contributed by atoms with Gasteiger partial charge in [-0.3, -0.25) is 4.79 Å². The van der Waals surface area contributed by atoms with Crippen molar-refractivity contribution in [1.29, 1.82) is 0 Å². The number of carbonyl (C=O) groups is 1. The molecule has 5 nitrogen and oxygen atoms in total. The van der Waals surface area contributed by atoms with Crippen molar-refractivity contribution in [1.82, 2.24) is 10.1 Å². The van der Waals surface area contributed by atoms with Crippen molar-refractivity contribution in [2.45, 2.75) is 26.2 Å². The van der Waals surface area contributed by atoms with E-state index in [0.29, 0.717) is 29.7 Å². The maximum absolute atomic E-state index is 12.5. The van der Waals surface area contributed by atoms with Gasteiger partial charge in [-0.1, -0.05) is 46.6 Å². The van der Waals surface area contributed by atoms with Crippen LogP contribution in [0.15, 0.2) is 47.0 Å². The van der Waals surface area contributed by atoms with Gasteiger partial charge in [-0.25, -0.2) is 0 Å². The van der Waals surface area contributed by atoms with Crippen LogP contribution in [0.4, 0.5) is 5.69 Å². The molecule has 132 valence electrons. The van der Waals surface area contributed by atoms with Crippen LogP contribution in [-0.2, 0) is 4.79 Å². The molecule has 1 amide bonds. The van der Waals surface area contributed by atoms with E-state index in [1.807, 2.05) is 43.0 Å². The number of anilines is 1. The van der Waals surface area contributed by atoms with Crippen molar-refractivity contribution < 1.29 is 9.32 Å². The Morgan fingerprint density at radius 1 is 1.19 bits per heavy atom. The number of nitrogens with zero attached hydrogens (tertiary/aromatic N) is 3. The molecule has 1 aliphatic rings. The summed E-state index contributed by atoms with van der Waals surface area (Å²) < 4.78 is 5.44. The fraction of sp³-hybridized carbons (Fsp3) is 0.250. The van der Waals surface area contributed by atoms with E-state index in [4.69, 9.17) is 16.1 Å². The van der Waals surface area contributed by atoms with Crippen LogP contribution in [0.5, 0.6) is 0 Å². The second-order valence-corrected chi connectivity index (χ2v) is 7.10. The molecule has 1 fully saturated rings. The summed E-state index contributed by atoms with van der Waals surface area (Å²) in [4.78, 5) is 18.8. The van der Waals surface area contributed by atoms with E-state index in [2.05, 4.69) is 16.2 Å². The molecular formula is C20H18ClN3O2. The molecule has 4 rings (SSSR count). The lowest BCUT2D eigenvalue weighted by Crippen LogP contribution is -2.25. The van der Waals surface area contributed by atoms with Gasteiger partial charge in [0, 0.05) is 29.2 Å². The molecule has 0 radical (unpaired) electrons. The average Bonchev–Trinajstić information content (AvgIpc) is 3.22. The summed E-state index contributed by atoms with van der Waals surface area (Å²) in [5, 5.41) is 4.67. The van der Waals surface area contributed by atoms with E-state index in [1.165, 1.54) is 5.56 Å². The molecule has 0 spiro atoms. The lowest BCUT2D eigenvalue weighted by atomic mass is 10.1. The Balaban J connectivity index is 1.58. The SMILES string of the molecule is Cc1ccc(N2CC(c3nc(-c4cccc(Cl)c4)no3)CC2=O)c(C)c1. The number of carbonyl (C=O) groups excluding carboxylic acids is 1. The lowest BCUT2D eigenvalue weighted by molar-refractivity contribution is -0.117. The van der Waals surface area contributed by atoms with Crippen molar-refractivity contribution in [2.24, 2.45) is 0 Å². The Morgan fingerprint density at radius 3 is 2.81 bits per heavy atom. The second kappa shape index (κ2) is 6.57. The van der Waals surface area contributed by atoms with Gasteiger partial charge in [0.15, 0.2) is 0 Å². The van der Waals surface area contributed by atoms with Gasteiger partial charge in [0.2, 0.25) is 17.6 Å². The zero-order chi connectivity index (χ0) is 18.3. The van der Waals surface area contributed by atoms with E-state index in [9.17, 15) is 4.79 Å². The van der Waals surface area contributed by atoms with Crippen molar-refractivity contribution in [2.75, 3.05) is 11.4 Å². The van der Waals surface area contributed by atoms with E-state index in [1.54, 1.807) is 12.1 Å². The number of hydrogen-bond donors (Lipinski definition) is 0. The van der Waals surface area contributed by atoms with Crippen LogP contribution >= 0.6 is 11.6 Å². The van der Waals surface area contributed by atoms with Gasteiger partial charge in [0.05, 0.1) is 5.92 Å².